The van der Waals surface area contributed by atoms with Crippen LogP contribution in [-0.4, -0.2) is 9.97 Å². The zero-order valence-corrected chi connectivity index (χ0v) is 14.9. The van der Waals surface area contributed by atoms with E-state index in [4.69, 9.17) is 4.98 Å². The van der Waals surface area contributed by atoms with Crippen molar-refractivity contribution < 1.29 is 0 Å². The van der Waals surface area contributed by atoms with Gasteiger partial charge in [0.25, 0.3) is 0 Å². The second kappa shape index (κ2) is 6.16. The Labute approximate surface area is 144 Å². The average Bonchev–Trinajstić information content (AvgIpc) is 2.61. The van der Waals surface area contributed by atoms with Crippen molar-refractivity contribution in [2.75, 3.05) is 0 Å². The standard InChI is InChI=1S/C22H26N2/c1-14(2)18-10-6-15(3)13-19(18)20-11-9-17-8-7-16-5-4-12-23-21(16)22(17)24-20/h4-5,7-9,11-12,14-15,18-19H,6,10,13H2,1-3H3. The Kier molecular flexibility index (Phi) is 3.99. The van der Waals surface area contributed by atoms with Crippen LogP contribution in [0.1, 0.15) is 51.6 Å². The maximum absolute atomic E-state index is 5.13. The van der Waals surface area contributed by atoms with E-state index in [1.807, 2.05) is 12.3 Å². The molecule has 0 radical (unpaired) electrons. The lowest BCUT2D eigenvalue weighted by molar-refractivity contribution is 0.194. The lowest BCUT2D eigenvalue weighted by Gasteiger charge is -2.37. The number of pyridine rings is 2. The fourth-order valence-corrected chi connectivity index (χ4v) is 4.49. The minimum absolute atomic E-state index is 0.581. The van der Waals surface area contributed by atoms with Gasteiger partial charge in [0.05, 0.1) is 11.0 Å². The summed E-state index contributed by atoms with van der Waals surface area (Å²) in [6, 6.07) is 12.9. The fourth-order valence-electron chi connectivity index (χ4n) is 4.49. The molecule has 3 atom stereocenters. The summed E-state index contributed by atoms with van der Waals surface area (Å²) in [5.41, 5.74) is 3.36. The quantitative estimate of drug-likeness (QED) is 0.545. The lowest BCUT2D eigenvalue weighted by atomic mass is 9.69. The number of hydrogen-bond acceptors (Lipinski definition) is 2. The molecule has 0 aliphatic heterocycles. The molecule has 1 aromatic carbocycles. The van der Waals surface area contributed by atoms with Crippen molar-refractivity contribution in [3.05, 3.63) is 48.3 Å². The molecule has 4 rings (SSSR count). The molecular weight excluding hydrogens is 292 g/mol. The van der Waals surface area contributed by atoms with E-state index >= 15 is 0 Å². The Bertz CT molecular complexity index is 868. The monoisotopic (exact) mass is 318 g/mol. The SMILES string of the molecule is CC1CCC(C(C)C)C(c2ccc3ccc4cccnc4c3n2)C1. The smallest absolute Gasteiger partial charge is 0.0967 e. The van der Waals surface area contributed by atoms with Gasteiger partial charge in [-0.25, -0.2) is 0 Å². The minimum atomic E-state index is 0.581. The van der Waals surface area contributed by atoms with E-state index in [1.54, 1.807) is 0 Å². The highest BCUT2D eigenvalue weighted by Crippen LogP contribution is 2.43. The van der Waals surface area contributed by atoms with E-state index in [0.717, 1.165) is 22.9 Å². The molecule has 2 heterocycles. The van der Waals surface area contributed by atoms with Crippen molar-refractivity contribution in [1.82, 2.24) is 9.97 Å². The van der Waals surface area contributed by atoms with Crippen LogP contribution in [0.3, 0.4) is 0 Å². The fraction of sp³-hybridized carbons (Fsp3) is 0.455. The second-order valence-corrected chi connectivity index (χ2v) is 7.88. The van der Waals surface area contributed by atoms with Crippen LogP contribution in [0.5, 0.6) is 0 Å². The molecule has 124 valence electrons. The molecule has 0 bridgehead atoms. The molecule has 24 heavy (non-hydrogen) atoms. The maximum atomic E-state index is 5.13. The zero-order valence-electron chi connectivity index (χ0n) is 14.9. The number of aromatic nitrogens is 2. The third-order valence-electron chi connectivity index (χ3n) is 5.86. The van der Waals surface area contributed by atoms with Gasteiger partial charge in [-0.1, -0.05) is 51.5 Å². The highest BCUT2D eigenvalue weighted by Gasteiger charge is 2.32. The molecule has 2 heteroatoms. The number of rotatable bonds is 2. The van der Waals surface area contributed by atoms with Gasteiger partial charge in [-0.05, 0) is 42.7 Å². The molecule has 0 amide bonds. The van der Waals surface area contributed by atoms with Gasteiger partial charge in [-0.15, -0.1) is 0 Å². The third-order valence-corrected chi connectivity index (χ3v) is 5.86. The van der Waals surface area contributed by atoms with Gasteiger partial charge < -0.3 is 0 Å². The molecule has 1 aliphatic carbocycles. The summed E-state index contributed by atoms with van der Waals surface area (Å²) in [5.74, 6) is 2.84. The van der Waals surface area contributed by atoms with E-state index in [0.29, 0.717) is 11.8 Å². The molecule has 3 aromatic rings. The van der Waals surface area contributed by atoms with Gasteiger partial charge in [0.1, 0.15) is 0 Å². The van der Waals surface area contributed by atoms with Crippen LogP contribution in [0, 0.1) is 17.8 Å². The number of benzene rings is 1. The Hall–Kier alpha value is -1.96. The zero-order chi connectivity index (χ0) is 16.7. The summed E-state index contributed by atoms with van der Waals surface area (Å²) < 4.78 is 0. The molecule has 2 nitrogen and oxygen atoms in total. The first kappa shape index (κ1) is 15.6. The van der Waals surface area contributed by atoms with Crippen molar-refractivity contribution in [1.29, 1.82) is 0 Å². The van der Waals surface area contributed by atoms with Crippen LogP contribution in [0.15, 0.2) is 42.6 Å². The Morgan fingerprint density at radius 1 is 0.958 bits per heavy atom. The van der Waals surface area contributed by atoms with Crippen LogP contribution in [0.25, 0.3) is 21.8 Å². The van der Waals surface area contributed by atoms with Gasteiger partial charge in [0.2, 0.25) is 0 Å². The summed E-state index contributed by atoms with van der Waals surface area (Å²) >= 11 is 0. The molecule has 0 spiro atoms. The van der Waals surface area contributed by atoms with Crippen molar-refractivity contribution in [2.24, 2.45) is 17.8 Å². The lowest BCUT2D eigenvalue weighted by Crippen LogP contribution is -2.26. The van der Waals surface area contributed by atoms with E-state index in [1.165, 1.54) is 35.7 Å². The van der Waals surface area contributed by atoms with Crippen molar-refractivity contribution in [2.45, 2.75) is 46.0 Å². The molecule has 0 N–H and O–H groups in total. The molecule has 2 aromatic heterocycles. The van der Waals surface area contributed by atoms with Gasteiger partial charge in [-0.3, -0.25) is 9.97 Å². The van der Waals surface area contributed by atoms with Crippen LogP contribution in [0.4, 0.5) is 0 Å². The molecule has 1 saturated carbocycles. The summed E-state index contributed by atoms with van der Waals surface area (Å²) in [7, 11) is 0. The Balaban J connectivity index is 1.85. The first-order valence-corrected chi connectivity index (χ1v) is 9.28. The molecule has 1 fully saturated rings. The predicted molar refractivity (Wildman–Crippen MR) is 101 cm³/mol. The highest BCUT2D eigenvalue weighted by atomic mass is 14.8. The predicted octanol–water partition coefficient (Wildman–Crippen LogP) is 5.96. The first-order chi connectivity index (χ1) is 11.6. The van der Waals surface area contributed by atoms with Crippen molar-refractivity contribution in [3.8, 4) is 0 Å². The van der Waals surface area contributed by atoms with E-state index in [2.05, 4.69) is 56.1 Å². The summed E-state index contributed by atoms with van der Waals surface area (Å²) in [6.45, 7) is 7.12. The van der Waals surface area contributed by atoms with Crippen LogP contribution in [-0.2, 0) is 0 Å². The van der Waals surface area contributed by atoms with Crippen LogP contribution >= 0.6 is 0 Å². The Morgan fingerprint density at radius 3 is 2.50 bits per heavy atom. The van der Waals surface area contributed by atoms with E-state index in [9.17, 15) is 0 Å². The third kappa shape index (κ3) is 2.68. The van der Waals surface area contributed by atoms with Gasteiger partial charge in [0, 0.05) is 28.6 Å². The summed E-state index contributed by atoms with van der Waals surface area (Å²) in [4.78, 5) is 9.73. The number of nitrogens with zero attached hydrogens (tertiary/aromatic N) is 2. The van der Waals surface area contributed by atoms with Crippen molar-refractivity contribution >= 4 is 21.8 Å². The Morgan fingerprint density at radius 2 is 1.71 bits per heavy atom. The van der Waals surface area contributed by atoms with E-state index in [-0.39, 0.29) is 0 Å². The number of fused-ring (bicyclic) bond motifs is 3. The average molecular weight is 318 g/mol. The summed E-state index contributed by atoms with van der Waals surface area (Å²) in [6.07, 6.45) is 5.82. The number of hydrogen-bond donors (Lipinski definition) is 0. The van der Waals surface area contributed by atoms with Crippen molar-refractivity contribution in [3.63, 3.8) is 0 Å². The van der Waals surface area contributed by atoms with Gasteiger partial charge in [-0.2, -0.15) is 0 Å². The first-order valence-electron chi connectivity index (χ1n) is 9.28. The van der Waals surface area contributed by atoms with Crippen LogP contribution in [0.2, 0.25) is 0 Å². The molecule has 0 saturated heterocycles. The van der Waals surface area contributed by atoms with Crippen LogP contribution < -0.4 is 0 Å². The molecule has 1 aliphatic rings. The summed E-state index contributed by atoms with van der Waals surface area (Å²) in [5, 5.41) is 2.36. The largest absolute Gasteiger partial charge is 0.254 e. The minimum Gasteiger partial charge on any atom is -0.254 e. The molecule has 3 unspecified atom stereocenters. The maximum Gasteiger partial charge on any atom is 0.0967 e. The topological polar surface area (TPSA) is 25.8 Å². The highest BCUT2D eigenvalue weighted by molar-refractivity contribution is 6.02. The van der Waals surface area contributed by atoms with Gasteiger partial charge >= 0.3 is 0 Å². The second-order valence-electron chi connectivity index (χ2n) is 7.88. The normalized spacial score (nSPS) is 24.8. The van der Waals surface area contributed by atoms with E-state index < -0.39 is 0 Å². The molecular formula is C22H26N2. The van der Waals surface area contributed by atoms with Gasteiger partial charge in [0.15, 0.2) is 0 Å².